The van der Waals surface area contributed by atoms with E-state index in [4.69, 9.17) is 14.2 Å². The fourth-order valence-corrected chi connectivity index (χ4v) is 8.15. The number of amides is 2. The van der Waals surface area contributed by atoms with Crippen LogP contribution >= 0.6 is 23.1 Å². The third-order valence-corrected chi connectivity index (χ3v) is 11.1. The van der Waals surface area contributed by atoms with Crippen LogP contribution in [0, 0.1) is 12.8 Å². The van der Waals surface area contributed by atoms with Gasteiger partial charge in [0, 0.05) is 30.2 Å². The van der Waals surface area contributed by atoms with Gasteiger partial charge in [0.2, 0.25) is 0 Å². The van der Waals surface area contributed by atoms with E-state index < -0.39 is 24.3 Å². The highest BCUT2D eigenvalue weighted by molar-refractivity contribution is 8.01. The van der Waals surface area contributed by atoms with E-state index in [0.717, 1.165) is 48.3 Å². The molecule has 1 fully saturated rings. The van der Waals surface area contributed by atoms with E-state index in [1.165, 1.54) is 7.11 Å². The number of aliphatic hydroxyl groups excluding tert-OH is 1. The highest BCUT2D eigenvalue weighted by Gasteiger charge is 2.38. The Labute approximate surface area is 311 Å². The maximum atomic E-state index is 13.0. The summed E-state index contributed by atoms with van der Waals surface area (Å²) >= 11 is 3.21. The molecule has 0 bridgehead atoms. The third kappa shape index (κ3) is 9.44. The largest absolute Gasteiger partial charge is 0.467 e. The van der Waals surface area contributed by atoms with Crippen molar-refractivity contribution in [1.29, 1.82) is 0 Å². The number of carbonyl (C=O) groups excluding carboxylic acids is 2. The van der Waals surface area contributed by atoms with Crippen molar-refractivity contribution < 1.29 is 28.9 Å². The van der Waals surface area contributed by atoms with Crippen molar-refractivity contribution in [3.63, 3.8) is 0 Å². The maximum absolute atomic E-state index is 13.0. The second kappa shape index (κ2) is 17.8. The summed E-state index contributed by atoms with van der Waals surface area (Å²) in [7, 11) is 1.31. The molecule has 6 rings (SSSR count). The molecule has 10 nitrogen and oxygen atoms in total. The number of esters is 1. The molecule has 5 atom stereocenters. The lowest BCUT2D eigenvalue weighted by molar-refractivity contribution is -0.268. The molecule has 0 aliphatic carbocycles. The van der Waals surface area contributed by atoms with Crippen molar-refractivity contribution in [2.45, 2.75) is 62.3 Å². The van der Waals surface area contributed by atoms with E-state index in [1.54, 1.807) is 23.1 Å². The summed E-state index contributed by atoms with van der Waals surface area (Å²) in [5.41, 5.74) is 6.52. The first kappa shape index (κ1) is 37.2. The Morgan fingerprint density at radius 3 is 2.31 bits per heavy atom. The molecular weight excluding hydrogens is 697 g/mol. The normalized spacial score (nSPS) is 19.1. The number of carbonyl (C=O) groups is 2. The Kier molecular flexibility index (Phi) is 12.7. The Balaban J connectivity index is 1.15. The highest BCUT2D eigenvalue weighted by atomic mass is 32.2. The van der Waals surface area contributed by atoms with Crippen LogP contribution in [0.2, 0.25) is 0 Å². The van der Waals surface area contributed by atoms with Gasteiger partial charge in [-0.2, -0.15) is 0 Å². The third-order valence-electron chi connectivity index (χ3n) is 9.03. The molecule has 5 aromatic rings. The summed E-state index contributed by atoms with van der Waals surface area (Å²) in [5.74, 6) is 0.233. The monoisotopic (exact) mass is 738 g/mol. The number of thioether (sulfide) groups is 1. The van der Waals surface area contributed by atoms with Crippen molar-refractivity contribution >= 4 is 35.1 Å². The minimum Gasteiger partial charge on any atom is -0.467 e. The van der Waals surface area contributed by atoms with Gasteiger partial charge in [-0.3, -0.25) is 0 Å². The summed E-state index contributed by atoms with van der Waals surface area (Å²) < 4.78 is 19.1. The molecule has 270 valence electrons. The Morgan fingerprint density at radius 2 is 1.62 bits per heavy atom. The molecule has 0 unspecified atom stereocenters. The van der Waals surface area contributed by atoms with Gasteiger partial charge >= 0.3 is 12.0 Å². The van der Waals surface area contributed by atoms with Crippen LogP contribution in [0.25, 0.3) is 11.1 Å². The fraction of sp³-hybridized carbons (Fsp3) is 0.300. The number of methoxy groups -OCH3 is 1. The average Bonchev–Trinajstić information content (AvgIpc) is 3.61. The molecule has 3 N–H and O–H groups in total. The number of nitrogens with zero attached hydrogens (tertiary/aromatic N) is 2. The Bertz CT molecular complexity index is 1920. The van der Waals surface area contributed by atoms with Crippen LogP contribution in [0.3, 0.4) is 0 Å². The predicted molar refractivity (Wildman–Crippen MR) is 202 cm³/mol. The van der Waals surface area contributed by atoms with Gasteiger partial charge < -0.3 is 30.0 Å². The van der Waals surface area contributed by atoms with Crippen LogP contribution in [-0.4, -0.2) is 52.3 Å². The standard InChI is InChI=1S/C40H42N4O6S2/c1-25-35(24-51-40-44-43-26(2)52-40)49-38(50-36(25)30-15-13-28(23-45)14-16-30)31-19-17-29(18-20-31)33-12-8-7-11-32(33)22-41-39(47)42-34(37(46)48-3)21-27-9-5-4-6-10-27/h4-20,25,34-36,38,45H,21-24H2,1-3H3,(H2,41,42,47)/t25-,34+,35+,36+,38+/m1/s1. The number of hydrogen-bond acceptors (Lipinski definition) is 10. The Morgan fingerprint density at radius 1 is 0.904 bits per heavy atom. The minimum absolute atomic E-state index is 0.0169. The first-order valence-corrected chi connectivity index (χ1v) is 18.9. The molecule has 0 radical (unpaired) electrons. The molecule has 2 heterocycles. The number of urea groups is 1. The fourth-order valence-electron chi connectivity index (χ4n) is 6.15. The first-order valence-electron chi connectivity index (χ1n) is 17.1. The number of hydrogen-bond donors (Lipinski definition) is 3. The second-order valence-corrected chi connectivity index (χ2v) is 15.0. The molecule has 12 heteroatoms. The van der Waals surface area contributed by atoms with Crippen molar-refractivity contribution in [2.75, 3.05) is 12.9 Å². The summed E-state index contributed by atoms with van der Waals surface area (Å²) in [5, 5.41) is 24.6. The number of rotatable bonds is 13. The number of aromatic nitrogens is 2. The van der Waals surface area contributed by atoms with Crippen molar-refractivity contribution in [3.05, 3.63) is 136 Å². The lowest BCUT2D eigenvalue weighted by Gasteiger charge is -2.41. The van der Waals surface area contributed by atoms with Gasteiger partial charge in [-0.15, -0.1) is 10.2 Å². The van der Waals surface area contributed by atoms with Gasteiger partial charge in [-0.25, -0.2) is 9.59 Å². The topological polar surface area (TPSA) is 132 Å². The molecule has 1 aliphatic heterocycles. The van der Waals surface area contributed by atoms with Gasteiger partial charge in [0.1, 0.15) is 11.0 Å². The molecular formula is C40H42N4O6S2. The summed E-state index contributed by atoms with van der Waals surface area (Å²) in [6.45, 7) is 4.32. The zero-order valence-corrected chi connectivity index (χ0v) is 30.9. The van der Waals surface area contributed by atoms with E-state index in [1.807, 2.05) is 110 Å². The van der Waals surface area contributed by atoms with E-state index in [9.17, 15) is 14.7 Å². The van der Waals surface area contributed by atoms with Gasteiger partial charge in [0.25, 0.3) is 0 Å². The second-order valence-electron chi connectivity index (χ2n) is 12.6. The van der Waals surface area contributed by atoms with Crippen LogP contribution in [-0.2, 0) is 38.6 Å². The zero-order chi connectivity index (χ0) is 36.5. The first-order chi connectivity index (χ1) is 25.3. The number of aliphatic hydroxyl groups is 1. The molecule has 0 spiro atoms. The van der Waals surface area contributed by atoms with E-state index in [-0.39, 0.29) is 31.3 Å². The van der Waals surface area contributed by atoms with Crippen LogP contribution in [0.1, 0.15) is 52.1 Å². The molecule has 2 amide bonds. The average molecular weight is 739 g/mol. The van der Waals surface area contributed by atoms with E-state index >= 15 is 0 Å². The zero-order valence-electron chi connectivity index (χ0n) is 29.2. The summed E-state index contributed by atoms with van der Waals surface area (Å²) in [4.78, 5) is 25.4. The molecule has 1 saturated heterocycles. The Hall–Kier alpha value is -4.59. The van der Waals surface area contributed by atoms with Crippen LogP contribution in [0.15, 0.2) is 107 Å². The van der Waals surface area contributed by atoms with Gasteiger partial charge in [0.05, 0.1) is 25.9 Å². The number of nitrogens with one attached hydrogen (secondary N) is 2. The minimum atomic E-state index is -0.825. The summed E-state index contributed by atoms with van der Waals surface area (Å²) in [6, 6.07) is 32.0. The van der Waals surface area contributed by atoms with E-state index in [2.05, 4.69) is 27.8 Å². The quantitative estimate of drug-likeness (QED) is 0.0850. The van der Waals surface area contributed by atoms with Crippen LogP contribution in [0.5, 0.6) is 0 Å². The van der Waals surface area contributed by atoms with Crippen molar-refractivity contribution in [3.8, 4) is 11.1 Å². The van der Waals surface area contributed by atoms with Crippen LogP contribution < -0.4 is 10.6 Å². The molecule has 1 aliphatic rings. The smallest absolute Gasteiger partial charge is 0.328 e. The van der Waals surface area contributed by atoms with E-state index in [0.29, 0.717) is 12.2 Å². The summed E-state index contributed by atoms with van der Waals surface area (Å²) in [6.07, 6.45) is -0.637. The highest BCUT2D eigenvalue weighted by Crippen LogP contribution is 2.43. The number of aryl methyl sites for hydroxylation is 1. The molecule has 4 aromatic carbocycles. The molecule has 52 heavy (non-hydrogen) atoms. The molecule has 1 aromatic heterocycles. The van der Waals surface area contributed by atoms with Gasteiger partial charge in [-0.1, -0.05) is 133 Å². The lowest BCUT2D eigenvalue weighted by atomic mass is 9.91. The van der Waals surface area contributed by atoms with Gasteiger partial charge in [0.15, 0.2) is 10.6 Å². The number of benzene rings is 4. The van der Waals surface area contributed by atoms with Crippen LogP contribution in [0.4, 0.5) is 4.79 Å². The molecule has 0 saturated carbocycles. The lowest BCUT2D eigenvalue weighted by Crippen LogP contribution is -2.47. The van der Waals surface area contributed by atoms with Crippen molar-refractivity contribution in [1.82, 2.24) is 20.8 Å². The maximum Gasteiger partial charge on any atom is 0.328 e. The number of ether oxygens (including phenoxy) is 3. The van der Waals surface area contributed by atoms with Crippen molar-refractivity contribution in [2.24, 2.45) is 5.92 Å². The van der Waals surface area contributed by atoms with Gasteiger partial charge in [-0.05, 0) is 40.3 Å². The predicted octanol–water partition coefficient (Wildman–Crippen LogP) is 7.17. The SMILES string of the molecule is COC(=O)[C@H](Cc1ccccc1)NC(=O)NCc1ccccc1-c1ccc([C@H]2O[C@@H](CSc3nnc(C)s3)[C@@H](C)[C@@H](c3ccc(CO)cc3)O2)cc1.